The first-order valence-electron chi connectivity index (χ1n) is 11.4. The molecule has 0 unspecified atom stereocenters. The summed E-state index contributed by atoms with van der Waals surface area (Å²) in [6, 6.07) is 15.5. The molecule has 0 spiro atoms. The van der Waals surface area contributed by atoms with Gasteiger partial charge < -0.3 is 16.4 Å². The lowest BCUT2D eigenvalue weighted by molar-refractivity contribution is -0.129. The number of carbonyl (C=O) groups is 2. The van der Waals surface area contributed by atoms with Crippen LogP contribution in [0.15, 0.2) is 72.9 Å². The Kier molecular flexibility index (Phi) is 9.64. The van der Waals surface area contributed by atoms with Gasteiger partial charge in [-0.25, -0.2) is 13.8 Å². The number of amides is 2. The van der Waals surface area contributed by atoms with Crippen molar-refractivity contribution < 1.29 is 18.4 Å². The Morgan fingerprint density at radius 2 is 1.81 bits per heavy atom. The first kappa shape index (κ1) is 26.5. The van der Waals surface area contributed by atoms with E-state index < -0.39 is 23.6 Å². The van der Waals surface area contributed by atoms with E-state index >= 15 is 0 Å². The van der Waals surface area contributed by atoms with Crippen LogP contribution in [0.5, 0.6) is 0 Å². The number of nitrogens with zero attached hydrogens (tertiary/aromatic N) is 2. The van der Waals surface area contributed by atoms with E-state index in [1.165, 1.54) is 12.3 Å². The number of carbonyl (C=O) groups excluding carboxylic acids is 2. The zero-order chi connectivity index (χ0) is 25.9. The minimum absolute atomic E-state index is 0.00755. The Balaban J connectivity index is 1.61. The van der Waals surface area contributed by atoms with E-state index in [0.717, 1.165) is 23.3 Å². The molecule has 7 nitrogen and oxygen atoms in total. The van der Waals surface area contributed by atoms with E-state index in [4.69, 9.17) is 5.73 Å². The molecule has 9 heteroatoms. The van der Waals surface area contributed by atoms with E-state index in [9.17, 15) is 18.4 Å². The number of nitrogens with one attached hydrogen (secondary N) is 2. The van der Waals surface area contributed by atoms with Gasteiger partial charge in [-0.1, -0.05) is 54.6 Å². The molecule has 2 aromatic carbocycles. The van der Waals surface area contributed by atoms with E-state index in [0.29, 0.717) is 17.9 Å². The lowest BCUT2D eigenvalue weighted by atomic mass is 10.0. The van der Waals surface area contributed by atoms with Crippen LogP contribution in [0, 0.1) is 11.6 Å². The van der Waals surface area contributed by atoms with Crippen molar-refractivity contribution in [3.05, 3.63) is 101 Å². The van der Waals surface area contributed by atoms with E-state index in [2.05, 4.69) is 15.6 Å². The van der Waals surface area contributed by atoms with Gasteiger partial charge in [0.15, 0.2) is 11.6 Å². The molecule has 0 saturated heterocycles. The molecule has 0 aliphatic heterocycles. The Bertz CT molecular complexity index is 1190. The standard InChI is InChI=1S/C27H29F2N5O2/c1-34(13-5-8-19-6-3-2-4-7-19)18-26(35)33-24(15-20-9-11-22(28)23(29)14-20)27(36)32-17-21-10-12-25(30)31-16-21/h2-12,14,16,24H,13,15,17-18H2,1H3,(H2,30,31)(H,32,36)(H,33,35)/b8-5+/t24-/m0/s1. The lowest BCUT2D eigenvalue weighted by Crippen LogP contribution is -2.50. The van der Waals surface area contributed by atoms with E-state index in [-0.39, 0.29) is 25.4 Å². The highest BCUT2D eigenvalue weighted by Gasteiger charge is 2.22. The van der Waals surface area contributed by atoms with Gasteiger partial charge in [-0.2, -0.15) is 0 Å². The van der Waals surface area contributed by atoms with Gasteiger partial charge in [-0.05, 0) is 41.9 Å². The molecular formula is C27H29F2N5O2. The van der Waals surface area contributed by atoms with E-state index in [1.54, 1.807) is 24.1 Å². The second kappa shape index (κ2) is 13.1. The molecule has 1 heterocycles. The van der Waals surface area contributed by atoms with Crippen LogP contribution in [0.1, 0.15) is 16.7 Å². The van der Waals surface area contributed by atoms with Crippen molar-refractivity contribution in [2.45, 2.75) is 19.0 Å². The Morgan fingerprint density at radius 1 is 1.06 bits per heavy atom. The summed E-state index contributed by atoms with van der Waals surface area (Å²) in [6.07, 6.45) is 5.43. The molecule has 2 amide bonds. The van der Waals surface area contributed by atoms with Crippen molar-refractivity contribution >= 4 is 23.7 Å². The van der Waals surface area contributed by atoms with Gasteiger partial charge in [0, 0.05) is 25.7 Å². The summed E-state index contributed by atoms with van der Waals surface area (Å²) in [6.45, 7) is 0.732. The zero-order valence-electron chi connectivity index (χ0n) is 20.0. The van der Waals surface area contributed by atoms with Crippen molar-refractivity contribution in [3.8, 4) is 0 Å². The van der Waals surface area contributed by atoms with Crippen LogP contribution < -0.4 is 16.4 Å². The predicted octanol–water partition coefficient (Wildman–Crippen LogP) is 2.93. The molecule has 0 radical (unpaired) electrons. The van der Waals surface area contributed by atoms with Crippen LogP contribution in [0.25, 0.3) is 6.08 Å². The maximum Gasteiger partial charge on any atom is 0.243 e. The molecule has 0 bridgehead atoms. The van der Waals surface area contributed by atoms with Gasteiger partial charge in [0.1, 0.15) is 11.9 Å². The third kappa shape index (κ3) is 8.59. The Hall–Kier alpha value is -4.11. The molecule has 4 N–H and O–H groups in total. The quantitative estimate of drug-likeness (QED) is 0.381. The third-order valence-electron chi connectivity index (χ3n) is 5.33. The minimum atomic E-state index is -1.02. The molecule has 1 atom stereocenters. The largest absolute Gasteiger partial charge is 0.384 e. The number of pyridine rings is 1. The summed E-state index contributed by atoms with van der Waals surface area (Å²) in [7, 11) is 1.79. The number of hydrogen-bond acceptors (Lipinski definition) is 5. The van der Waals surface area contributed by atoms with Crippen molar-refractivity contribution in [3.63, 3.8) is 0 Å². The molecule has 36 heavy (non-hydrogen) atoms. The number of nitrogen functional groups attached to an aromatic ring is 1. The van der Waals surface area contributed by atoms with Gasteiger partial charge in [0.25, 0.3) is 0 Å². The topological polar surface area (TPSA) is 100 Å². The van der Waals surface area contributed by atoms with Crippen LogP contribution in [0.4, 0.5) is 14.6 Å². The molecule has 0 aliphatic carbocycles. The SMILES string of the molecule is CN(C/C=C/c1ccccc1)CC(=O)N[C@@H](Cc1ccc(F)c(F)c1)C(=O)NCc1ccc(N)nc1. The van der Waals surface area contributed by atoms with Gasteiger partial charge >= 0.3 is 0 Å². The van der Waals surface area contributed by atoms with Crippen molar-refractivity contribution in [1.29, 1.82) is 0 Å². The van der Waals surface area contributed by atoms with Crippen molar-refractivity contribution in [2.24, 2.45) is 0 Å². The number of anilines is 1. The van der Waals surface area contributed by atoms with Crippen LogP contribution in [-0.4, -0.2) is 47.9 Å². The molecular weight excluding hydrogens is 464 g/mol. The number of hydrogen-bond donors (Lipinski definition) is 3. The summed E-state index contributed by atoms with van der Waals surface area (Å²) >= 11 is 0. The van der Waals surface area contributed by atoms with Gasteiger partial charge in [0.2, 0.25) is 11.8 Å². The predicted molar refractivity (Wildman–Crippen MR) is 135 cm³/mol. The Labute approximate surface area is 209 Å². The summed E-state index contributed by atoms with van der Waals surface area (Å²) < 4.78 is 27.1. The summed E-state index contributed by atoms with van der Waals surface area (Å²) in [5.41, 5.74) is 7.73. The van der Waals surface area contributed by atoms with Crippen molar-refractivity contribution in [2.75, 3.05) is 25.9 Å². The fourth-order valence-corrected chi connectivity index (χ4v) is 3.45. The molecule has 3 rings (SSSR count). The van der Waals surface area contributed by atoms with Gasteiger partial charge in [0.05, 0.1) is 6.54 Å². The number of benzene rings is 2. The summed E-state index contributed by atoms with van der Waals surface area (Å²) in [5, 5.41) is 5.46. The number of rotatable bonds is 11. The zero-order valence-corrected chi connectivity index (χ0v) is 20.0. The number of nitrogens with two attached hydrogens (primary N) is 1. The number of aromatic nitrogens is 1. The molecule has 188 valence electrons. The first-order valence-corrected chi connectivity index (χ1v) is 11.4. The highest BCUT2D eigenvalue weighted by Crippen LogP contribution is 2.11. The van der Waals surface area contributed by atoms with Crippen LogP contribution in [-0.2, 0) is 22.6 Å². The highest BCUT2D eigenvalue weighted by atomic mass is 19.2. The summed E-state index contributed by atoms with van der Waals surface area (Å²) in [4.78, 5) is 31.4. The van der Waals surface area contributed by atoms with Crippen LogP contribution in [0.2, 0.25) is 0 Å². The van der Waals surface area contributed by atoms with Gasteiger partial charge in [-0.3, -0.25) is 14.5 Å². The molecule has 3 aromatic rings. The van der Waals surface area contributed by atoms with Crippen molar-refractivity contribution in [1.82, 2.24) is 20.5 Å². The summed E-state index contributed by atoms with van der Waals surface area (Å²) in [5.74, 6) is -2.48. The molecule has 0 aliphatic rings. The minimum Gasteiger partial charge on any atom is -0.384 e. The molecule has 0 saturated carbocycles. The first-order chi connectivity index (χ1) is 17.3. The van der Waals surface area contributed by atoms with Gasteiger partial charge in [-0.15, -0.1) is 0 Å². The second-order valence-corrected chi connectivity index (χ2v) is 8.39. The number of likely N-dealkylation sites (N-methyl/N-ethyl adjacent to an activating group) is 1. The molecule has 0 fully saturated rings. The number of halogens is 2. The average Bonchev–Trinajstić information content (AvgIpc) is 2.86. The second-order valence-electron chi connectivity index (χ2n) is 8.39. The average molecular weight is 494 g/mol. The van der Waals surface area contributed by atoms with E-state index in [1.807, 2.05) is 42.5 Å². The molecule has 1 aromatic heterocycles. The van der Waals surface area contributed by atoms with Crippen LogP contribution >= 0.6 is 0 Å². The third-order valence-corrected chi connectivity index (χ3v) is 5.33. The van der Waals surface area contributed by atoms with Crippen LogP contribution in [0.3, 0.4) is 0 Å². The smallest absolute Gasteiger partial charge is 0.243 e. The normalized spacial score (nSPS) is 12.0. The fraction of sp³-hybridized carbons (Fsp3) is 0.222. The Morgan fingerprint density at radius 3 is 2.50 bits per heavy atom. The highest BCUT2D eigenvalue weighted by molar-refractivity contribution is 5.88. The fourth-order valence-electron chi connectivity index (χ4n) is 3.45. The maximum absolute atomic E-state index is 13.7. The monoisotopic (exact) mass is 493 g/mol. The lowest BCUT2D eigenvalue weighted by Gasteiger charge is -2.21. The maximum atomic E-state index is 13.7.